The smallest absolute Gasteiger partial charge is 0.364 e. The molecule has 0 amide bonds. The summed E-state index contributed by atoms with van der Waals surface area (Å²) in [7, 11) is 0.897. The van der Waals surface area contributed by atoms with Crippen molar-refractivity contribution in [1.29, 1.82) is 0 Å². The summed E-state index contributed by atoms with van der Waals surface area (Å²) in [6.45, 7) is 2.11. The predicted octanol–water partition coefficient (Wildman–Crippen LogP) is 2.16. The van der Waals surface area contributed by atoms with Crippen LogP contribution in [0, 0.1) is 0 Å². The summed E-state index contributed by atoms with van der Waals surface area (Å²) in [6.07, 6.45) is 9.02. The molecule has 1 aliphatic heterocycles. The third-order valence-electron chi connectivity index (χ3n) is 3.88. The first kappa shape index (κ1) is 13.5. The normalized spacial score (nSPS) is 24.4. The molecule has 0 aromatic heterocycles. The highest BCUT2D eigenvalue weighted by molar-refractivity contribution is 6.57. The summed E-state index contributed by atoms with van der Waals surface area (Å²) >= 11 is 0. The molecule has 0 unspecified atom stereocenters. The third kappa shape index (κ3) is 3.09. The zero-order chi connectivity index (χ0) is 12.1. The lowest BCUT2D eigenvalue weighted by molar-refractivity contribution is 0.00419. The van der Waals surface area contributed by atoms with E-state index in [-0.39, 0.29) is 0 Å². The molecule has 2 fully saturated rings. The second kappa shape index (κ2) is 6.29. The van der Waals surface area contributed by atoms with Crippen LogP contribution >= 0.6 is 0 Å². The molecule has 5 heteroatoms. The maximum absolute atomic E-state index is 6.26. The molecule has 4 nitrogen and oxygen atoms in total. The maximum atomic E-state index is 6.26. The van der Waals surface area contributed by atoms with Gasteiger partial charge in [0.05, 0.1) is 6.10 Å². The monoisotopic (exact) mass is 259 g/mol. The van der Waals surface area contributed by atoms with E-state index in [1.807, 2.05) is 0 Å². The quantitative estimate of drug-likeness (QED) is 0.708. The van der Waals surface area contributed by atoms with Crippen molar-refractivity contribution >= 4 is 8.97 Å². The number of hydrogen-bond donors (Lipinski definition) is 0. The molecule has 0 N–H and O–H groups in total. The van der Waals surface area contributed by atoms with E-state index in [1.54, 1.807) is 14.2 Å². The molecule has 1 heterocycles. The molecule has 100 valence electrons. The molecule has 17 heavy (non-hydrogen) atoms. The minimum absolute atomic E-state index is 0.350. The van der Waals surface area contributed by atoms with Gasteiger partial charge < -0.3 is 13.3 Å². The van der Waals surface area contributed by atoms with Gasteiger partial charge in [-0.05, 0) is 38.8 Å². The average molecular weight is 259 g/mol. The Hall–Kier alpha value is 0.0569. The Bertz CT molecular complexity index is 224. The molecule has 1 aliphatic carbocycles. The second-order valence-electron chi connectivity index (χ2n) is 5.00. The van der Waals surface area contributed by atoms with Crippen molar-refractivity contribution in [3.8, 4) is 0 Å². The van der Waals surface area contributed by atoms with Crippen molar-refractivity contribution in [1.82, 2.24) is 4.57 Å². The Labute approximate surface area is 106 Å². The van der Waals surface area contributed by atoms with Gasteiger partial charge in [-0.1, -0.05) is 19.3 Å². The van der Waals surface area contributed by atoms with Gasteiger partial charge in [-0.3, -0.25) is 4.57 Å². The van der Waals surface area contributed by atoms with E-state index in [0.717, 1.165) is 25.9 Å². The maximum Gasteiger partial charge on any atom is 0.599 e. The summed E-state index contributed by atoms with van der Waals surface area (Å²) in [5, 5.41) is 0. The minimum Gasteiger partial charge on any atom is -0.364 e. The molecule has 2 rings (SSSR count). The van der Waals surface area contributed by atoms with Crippen LogP contribution in [0.2, 0.25) is 0 Å². The Morgan fingerprint density at radius 1 is 0.882 bits per heavy atom. The number of piperidine rings is 1. The van der Waals surface area contributed by atoms with Crippen LogP contribution in [-0.4, -0.2) is 46.9 Å². The molecule has 1 saturated carbocycles. The largest absolute Gasteiger partial charge is 0.599 e. The van der Waals surface area contributed by atoms with E-state index < -0.39 is 8.97 Å². The molecular weight excluding hydrogens is 234 g/mol. The number of rotatable bonds is 5. The summed E-state index contributed by atoms with van der Waals surface area (Å²) < 4.78 is 20.0. The first-order valence-electron chi connectivity index (χ1n) is 6.84. The van der Waals surface area contributed by atoms with Gasteiger partial charge in [0.15, 0.2) is 0 Å². The third-order valence-corrected chi connectivity index (χ3v) is 6.76. The molecule has 0 bridgehead atoms. The van der Waals surface area contributed by atoms with E-state index in [4.69, 9.17) is 13.3 Å². The molecule has 2 aliphatic rings. The molecule has 0 spiro atoms. The Kier molecular flexibility index (Phi) is 4.99. The predicted molar refractivity (Wildman–Crippen MR) is 68.5 cm³/mol. The zero-order valence-electron chi connectivity index (χ0n) is 11.1. The number of nitrogens with zero attached hydrogens (tertiary/aromatic N) is 1. The van der Waals surface area contributed by atoms with Gasteiger partial charge in [0.2, 0.25) is 0 Å². The van der Waals surface area contributed by atoms with Crippen LogP contribution in [0.5, 0.6) is 0 Å². The van der Waals surface area contributed by atoms with Crippen LogP contribution < -0.4 is 0 Å². The van der Waals surface area contributed by atoms with Crippen LogP contribution in [0.25, 0.3) is 0 Å². The second-order valence-corrected chi connectivity index (χ2v) is 7.74. The topological polar surface area (TPSA) is 30.9 Å². The Morgan fingerprint density at radius 3 is 2.00 bits per heavy atom. The van der Waals surface area contributed by atoms with Gasteiger partial charge in [-0.2, -0.15) is 0 Å². The minimum atomic E-state index is -2.57. The van der Waals surface area contributed by atoms with Crippen molar-refractivity contribution in [2.24, 2.45) is 0 Å². The highest BCUT2D eigenvalue weighted by Crippen LogP contribution is 2.28. The van der Waals surface area contributed by atoms with Gasteiger partial charge in [-0.15, -0.1) is 0 Å². The molecule has 0 aromatic rings. The molecule has 0 atom stereocenters. The van der Waals surface area contributed by atoms with E-state index >= 15 is 0 Å². The van der Waals surface area contributed by atoms with Crippen molar-refractivity contribution in [2.75, 3.05) is 27.3 Å². The van der Waals surface area contributed by atoms with Crippen molar-refractivity contribution in [2.45, 2.75) is 51.0 Å². The fourth-order valence-corrected chi connectivity index (χ4v) is 5.44. The summed E-state index contributed by atoms with van der Waals surface area (Å²) in [5.41, 5.74) is 0. The summed E-state index contributed by atoms with van der Waals surface area (Å²) in [4.78, 5) is 0. The number of hydrogen-bond acceptors (Lipinski definition) is 4. The summed E-state index contributed by atoms with van der Waals surface area (Å²) in [6, 6.07) is 0. The lowest BCUT2D eigenvalue weighted by Gasteiger charge is -2.39. The zero-order valence-corrected chi connectivity index (χ0v) is 12.1. The summed E-state index contributed by atoms with van der Waals surface area (Å²) in [5.74, 6) is 0. The van der Waals surface area contributed by atoms with Crippen LogP contribution in [0.15, 0.2) is 0 Å². The highest BCUT2D eigenvalue weighted by atomic mass is 28.4. The van der Waals surface area contributed by atoms with Crippen LogP contribution in [0.4, 0.5) is 0 Å². The van der Waals surface area contributed by atoms with Crippen LogP contribution in [0.3, 0.4) is 0 Å². The van der Waals surface area contributed by atoms with E-state index in [0.29, 0.717) is 6.10 Å². The van der Waals surface area contributed by atoms with Crippen molar-refractivity contribution in [3.63, 3.8) is 0 Å². The average Bonchev–Trinajstić information content (AvgIpc) is 2.90. The van der Waals surface area contributed by atoms with Gasteiger partial charge in [0.25, 0.3) is 0 Å². The van der Waals surface area contributed by atoms with Crippen LogP contribution in [0.1, 0.15) is 44.9 Å². The Morgan fingerprint density at radius 2 is 1.47 bits per heavy atom. The fourth-order valence-electron chi connectivity index (χ4n) is 2.90. The first-order chi connectivity index (χ1) is 8.30. The SMILES string of the molecule is CO[Si](OC)(OC1CCCC1)N1CCCCC1. The van der Waals surface area contributed by atoms with Crippen molar-refractivity contribution < 1.29 is 13.3 Å². The van der Waals surface area contributed by atoms with Crippen LogP contribution in [-0.2, 0) is 13.3 Å². The molecule has 0 radical (unpaired) electrons. The van der Waals surface area contributed by atoms with E-state index in [2.05, 4.69) is 4.57 Å². The van der Waals surface area contributed by atoms with Gasteiger partial charge in [-0.25, -0.2) is 0 Å². The highest BCUT2D eigenvalue weighted by Gasteiger charge is 2.49. The van der Waals surface area contributed by atoms with Gasteiger partial charge >= 0.3 is 8.97 Å². The lowest BCUT2D eigenvalue weighted by Crippen LogP contribution is -2.62. The standard InChI is InChI=1S/C12H25NO3Si/c1-14-17(15-2,13-10-6-3-7-11-13)16-12-8-4-5-9-12/h12H,3-11H2,1-2H3. The molecular formula is C12H25NO3Si. The van der Waals surface area contributed by atoms with E-state index in [1.165, 1.54) is 32.1 Å². The first-order valence-corrected chi connectivity index (χ1v) is 8.51. The molecule has 0 aromatic carbocycles. The lowest BCUT2D eigenvalue weighted by atomic mass is 10.2. The Balaban J connectivity index is 2.00. The van der Waals surface area contributed by atoms with E-state index in [9.17, 15) is 0 Å². The van der Waals surface area contributed by atoms with Gasteiger partial charge in [0.1, 0.15) is 0 Å². The van der Waals surface area contributed by atoms with Crippen molar-refractivity contribution in [3.05, 3.63) is 0 Å². The van der Waals surface area contributed by atoms with Gasteiger partial charge in [0, 0.05) is 14.2 Å². The molecule has 1 saturated heterocycles. The fraction of sp³-hybridized carbons (Fsp3) is 1.00.